The number of nitrogens with zero attached hydrogens (tertiary/aromatic N) is 6. The number of thioether (sulfide) groups is 1. The van der Waals surface area contributed by atoms with Crippen LogP contribution in [0.4, 0.5) is 13.2 Å². The third kappa shape index (κ3) is 5.34. The van der Waals surface area contributed by atoms with E-state index in [2.05, 4.69) is 30.4 Å². The molecule has 0 aliphatic carbocycles. The molecule has 2 aromatic carbocycles. The van der Waals surface area contributed by atoms with E-state index in [9.17, 15) is 13.2 Å². The van der Waals surface area contributed by atoms with Crippen molar-refractivity contribution in [3.63, 3.8) is 0 Å². The van der Waals surface area contributed by atoms with Gasteiger partial charge in [0.1, 0.15) is 5.75 Å². The van der Waals surface area contributed by atoms with E-state index in [-0.39, 0.29) is 11.5 Å². The Morgan fingerprint density at radius 3 is 2.48 bits per heavy atom. The maximum atomic E-state index is 12.3. The average Bonchev–Trinajstić information content (AvgIpc) is 3.46. The van der Waals surface area contributed by atoms with Gasteiger partial charge in [-0.25, -0.2) is 0 Å². The van der Waals surface area contributed by atoms with Gasteiger partial charge in [-0.1, -0.05) is 16.9 Å². The number of ether oxygens (including phenoxy) is 3. The lowest BCUT2D eigenvalue weighted by atomic mass is 10.2. The quantitative estimate of drug-likeness (QED) is 0.344. The molecule has 4 rings (SSSR count). The van der Waals surface area contributed by atoms with E-state index in [0.717, 1.165) is 0 Å². The second-order valence-electron chi connectivity index (χ2n) is 6.29. The molecule has 0 N–H and O–H groups in total. The predicted octanol–water partition coefficient (Wildman–Crippen LogP) is 3.92. The fourth-order valence-corrected chi connectivity index (χ4v) is 3.48. The maximum absolute atomic E-state index is 12.3. The number of rotatable bonds is 8. The number of hydrogen-bond donors (Lipinski definition) is 0. The van der Waals surface area contributed by atoms with Gasteiger partial charge < -0.3 is 18.7 Å². The number of benzene rings is 2. The molecule has 4 aromatic rings. The Hall–Kier alpha value is -3.81. The Morgan fingerprint density at radius 2 is 1.79 bits per heavy atom. The van der Waals surface area contributed by atoms with Gasteiger partial charge in [0.2, 0.25) is 16.9 Å². The monoisotopic (exact) mass is 480 g/mol. The van der Waals surface area contributed by atoms with Crippen LogP contribution in [0.2, 0.25) is 0 Å². The van der Waals surface area contributed by atoms with Crippen LogP contribution < -0.4 is 14.2 Å². The molecule has 14 heteroatoms. The molecule has 172 valence electrons. The molecule has 0 fully saturated rings. The van der Waals surface area contributed by atoms with Gasteiger partial charge in [-0.3, -0.25) is 0 Å². The van der Waals surface area contributed by atoms with Crippen LogP contribution in [0.25, 0.3) is 17.1 Å². The van der Waals surface area contributed by atoms with E-state index in [1.807, 2.05) is 0 Å². The molecule has 0 radical (unpaired) electrons. The van der Waals surface area contributed by atoms with Gasteiger partial charge in [0.15, 0.2) is 11.5 Å². The van der Waals surface area contributed by atoms with Crippen molar-refractivity contribution in [3.8, 4) is 34.3 Å². The first kappa shape index (κ1) is 22.4. The molecule has 0 saturated carbocycles. The first-order chi connectivity index (χ1) is 15.9. The number of methoxy groups -OCH3 is 2. The highest BCUT2D eigenvalue weighted by Gasteiger charge is 2.31. The summed E-state index contributed by atoms with van der Waals surface area (Å²) < 4.78 is 58.0. The van der Waals surface area contributed by atoms with Crippen molar-refractivity contribution in [1.82, 2.24) is 30.3 Å². The highest BCUT2D eigenvalue weighted by atomic mass is 32.2. The van der Waals surface area contributed by atoms with E-state index in [1.165, 1.54) is 47.8 Å². The van der Waals surface area contributed by atoms with Gasteiger partial charge in [0.05, 0.1) is 25.7 Å². The third-order valence-corrected chi connectivity index (χ3v) is 5.09. The van der Waals surface area contributed by atoms with E-state index in [0.29, 0.717) is 39.6 Å². The van der Waals surface area contributed by atoms with Crippen molar-refractivity contribution < 1.29 is 31.9 Å². The standard InChI is InChI=1S/C19H15F3N6O4S/c1-29-14-8-3-11(9-15(14)30-2)17-23-16(32-25-17)10-33-18-24-26-27-28(18)12-4-6-13(7-5-12)31-19(20,21)22/h3-9H,10H2,1-2H3. The van der Waals surface area contributed by atoms with E-state index >= 15 is 0 Å². The number of aromatic nitrogens is 6. The fraction of sp³-hybridized carbons (Fsp3) is 0.211. The van der Waals surface area contributed by atoms with Gasteiger partial charge in [0.25, 0.3) is 0 Å². The first-order valence-corrected chi connectivity index (χ1v) is 10.2. The zero-order valence-corrected chi connectivity index (χ0v) is 17.9. The average molecular weight is 480 g/mol. The van der Waals surface area contributed by atoms with Crippen LogP contribution in [0.1, 0.15) is 5.89 Å². The molecule has 0 aliphatic rings. The van der Waals surface area contributed by atoms with Crippen LogP contribution in [0.15, 0.2) is 52.1 Å². The molecule has 0 unspecified atom stereocenters. The minimum absolute atomic E-state index is 0.260. The van der Waals surface area contributed by atoms with Crippen molar-refractivity contribution in [2.45, 2.75) is 17.3 Å². The molecule has 10 nitrogen and oxygen atoms in total. The lowest BCUT2D eigenvalue weighted by Gasteiger charge is -2.09. The molecular weight excluding hydrogens is 465 g/mol. The molecule has 0 spiro atoms. The normalized spacial score (nSPS) is 11.4. The minimum Gasteiger partial charge on any atom is -0.493 e. The summed E-state index contributed by atoms with van der Waals surface area (Å²) in [4.78, 5) is 4.36. The summed E-state index contributed by atoms with van der Waals surface area (Å²) in [6.07, 6.45) is -4.77. The lowest BCUT2D eigenvalue weighted by Crippen LogP contribution is -2.17. The number of halogens is 3. The molecule has 0 aliphatic heterocycles. The second-order valence-corrected chi connectivity index (χ2v) is 7.23. The largest absolute Gasteiger partial charge is 0.573 e. The minimum atomic E-state index is -4.77. The summed E-state index contributed by atoms with van der Waals surface area (Å²) in [7, 11) is 3.07. The van der Waals surface area contributed by atoms with Gasteiger partial charge in [-0.2, -0.15) is 9.67 Å². The SMILES string of the molecule is COc1ccc(-c2noc(CSc3nnnn3-c3ccc(OC(F)(F)F)cc3)n2)cc1OC. The summed E-state index contributed by atoms with van der Waals surface area (Å²) in [6, 6.07) is 10.4. The molecule has 33 heavy (non-hydrogen) atoms. The number of alkyl halides is 3. The molecule has 0 saturated heterocycles. The van der Waals surface area contributed by atoms with Gasteiger partial charge in [-0.05, 0) is 52.9 Å². The van der Waals surface area contributed by atoms with Crippen LogP contribution in [-0.2, 0) is 5.75 Å². The Morgan fingerprint density at radius 1 is 1.03 bits per heavy atom. The van der Waals surface area contributed by atoms with Crippen molar-refractivity contribution in [2.75, 3.05) is 14.2 Å². The van der Waals surface area contributed by atoms with Crippen molar-refractivity contribution in [2.24, 2.45) is 0 Å². The Labute approximate surface area is 188 Å². The van der Waals surface area contributed by atoms with Gasteiger partial charge in [-0.15, -0.1) is 18.3 Å². The highest BCUT2D eigenvalue weighted by Crippen LogP contribution is 2.32. The van der Waals surface area contributed by atoms with E-state index in [4.69, 9.17) is 14.0 Å². The molecule has 0 bridgehead atoms. The molecular formula is C19H15F3N6O4S. The zero-order valence-electron chi connectivity index (χ0n) is 17.1. The van der Waals surface area contributed by atoms with Crippen LogP contribution in [0.5, 0.6) is 17.2 Å². The topological polar surface area (TPSA) is 110 Å². The van der Waals surface area contributed by atoms with Crippen LogP contribution >= 0.6 is 11.8 Å². The summed E-state index contributed by atoms with van der Waals surface area (Å²) in [5.74, 6) is 1.71. The lowest BCUT2D eigenvalue weighted by molar-refractivity contribution is -0.274. The molecule has 0 atom stereocenters. The smallest absolute Gasteiger partial charge is 0.493 e. The Balaban J connectivity index is 1.45. The van der Waals surface area contributed by atoms with Crippen molar-refractivity contribution in [3.05, 3.63) is 48.4 Å². The molecule has 2 aromatic heterocycles. The van der Waals surface area contributed by atoms with Crippen molar-refractivity contribution in [1.29, 1.82) is 0 Å². The van der Waals surface area contributed by atoms with E-state index < -0.39 is 6.36 Å². The third-order valence-electron chi connectivity index (χ3n) is 4.19. The van der Waals surface area contributed by atoms with Crippen molar-refractivity contribution >= 4 is 11.8 Å². The van der Waals surface area contributed by atoms with Crippen LogP contribution in [0.3, 0.4) is 0 Å². The van der Waals surface area contributed by atoms with Gasteiger partial charge in [0, 0.05) is 5.56 Å². The summed E-state index contributed by atoms with van der Waals surface area (Å²) in [5.41, 5.74) is 1.13. The summed E-state index contributed by atoms with van der Waals surface area (Å²) in [6.45, 7) is 0. The van der Waals surface area contributed by atoms with Crippen LogP contribution in [-0.4, -0.2) is 50.9 Å². The highest BCUT2D eigenvalue weighted by molar-refractivity contribution is 7.98. The fourth-order valence-electron chi connectivity index (χ4n) is 2.75. The molecule has 2 heterocycles. The summed E-state index contributed by atoms with van der Waals surface area (Å²) >= 11 is 1.21. The zero-order chi connectivity index (χ0) is 23.4. The van der Waals surface area contributed by atoms with Gasteiger partial charge >= 0.3 is 6.36 Å². The molecule has 0 amide bonds. The van der Waals surface area contributed by atoms with E-state index in [1.54, 1.807) is 25.3 Å². The van der Waals surface area contributed by atoms with Crippen LogP contribution in [0, 0.1) is 0 Å². The first-order valence-electron chi connectivity index (χ1n) is 9.18. The summed E-state index contributed by atoms with van der Waals surface area (Å²) in [5, 5.41) is 15.8. The predicted molar refractivity (Wildman–Crippen MR) is 108 cm³/mol. The Bertz CT molecular complexity index is 1230. The Kier molecular flexibility index (Phi) is 6.35. The maximum Gasteiger partial charge on any atom is 0.573 e. The second kappa shape index (κ2) is 9.36. The number of tetrazole rings is 1. The number of hydrogen-bond acceptors (Lipinski definition) is 10.